The second-order valence-electron chi connectivity index (χ2n) is 15.7. The van der Waals surface area contributed by atoms with Crippen LogP contribution in [-0.2, 0) is 33.2 Å². The molecule has 286 valence electrons. The van der Waals surface area contributed by atoms with Crippen molar-refractivity contribution in [2.45, 2.75) is 173 Å². The lowest BCUT2D eigenvalue weighted by molar-refractivity contribution is -0.309. The highest BCUT2D eigenvalue weighted by atomic mass is 16.7. The van der Waals surface area contributed by atoms with E-state index in [1.165, 1.54) is 14.0 Å². The molecule has 2 fully saturated rings. The van der Waals surface area contributed by atoms with Crippen molar-refractivity contribution in [2.75, 3.05) is 20.7 Å². The van der Waals surface area contributed by atoms with Crippen molar-refractivity contribution in [3.63, 3.8) is 0 Å². The summed E-state index contributed by atoms with van der Waals surface area (Å²) in [5.41, 5.74) is -4.35. The van der Waals surface area contributed by atoms with E-state index in [-0.39, 0.29) is 31.3 Å². The molecule has 3 aliphatic rings. The lowest BCUT2D eigenvalue weighted by Gasteiger charge is -2.47. The number of nitrogens with zero attached hydrogens (tertiary/aromatic N) is 1. The van der Waals surface area contributed by atoms with Gasteiger partial charge < -0.3 is 58.9 Å². The molecule has 3 aliphatic heterocycles. The first-order valence-corrected chi connectivity index (χ1v) is 17.8. The molecule has 2 saturated heterocycles. The molecule has 3 rings (SSSR count). The lowest BCUT2D eigenvalue weighted by atomic mass is 9.77. The van der Waals surface area contributed by atoms with Gasteiger partial charge in [0, 0.05) is 32.0 Å². The Balaban J connectivity index is 2.15. The van der Waals surface area contributed by atoms with Crippen LogP contribution in [0, 0.1) is 17.8 Å². The number of aliphatic hydroxyl groups excluding tert-OH is 3. The van der Waals surface area contributed by atoms with Crippen molar-refractivity contribution in [2.24, 2.45) is 17.8 Å². The van der Waals surface area contributed by atoms with E-state index >= 15 is 0 Å². The Morgan fingerprint density at radius 3 is 2.16 bits per heavy atom. The second-order valence-corrected chi connectivity index (χ2v) is 15.7. The van der Waals surface area contributed by atoms with Gasteiger partial charge in [0.25, 0.3) is 0 Å². The van der Waals surface area contributed by atoms with Crippen molar-refractivity contribution >= 4 is 5.97 Å². The molecule has 13 nitrogen and oxygen atoms in total. The zero-order chi connectivity index (χ0) is 37.2. The first kappa shape index (κ1) is 42.2. The molecule has 5 N–H and O–H groups in total. The van der Waals surface area contributed by atoms with Crippen molar-refractivity contribution in [3.8, 4) is 0 Å². The average molecular weight is 704 g/mol. The number of carbonyl (C=O) groups is 1. The van der Waals surface area contributed by atoms with Crippen LogP contribution in [0.25, 0.3) is 0 Å². The fraction of sp³-hybridized carbons (Fsp3) is 0.917. The number of methoxy groups -OCH3 is 1. The molecular weight excluding hydrogens is 638 g/mol. The summed E-state index contributed by atoms with van der Waals surface area (Å²) in [4.78, 5) is 16.0. The largest absolute Gasteiger partial charge is 0.459 e. The standard InChI is InChI=1S/C36H65NO12/c1-13-26-36(10,43)29(39)23(6)37(11)18-19(2)16-34(8,42)31(49-33-25(38)15-14-20(3)45-33)21(4)28(22(5)32(41)47-26)48-27-17-35(9,44-12)30(40)24(7)46-27/h14-15,19-31,33,38-40,42-43H,13,16-18H2,1-12H3/t19-,20?,21+,22-,23-,24?,25+,26-,27+,28+,29-,30+,31-,33+,34-,35+,36-/m1/s1. The Hall–Kier alpha value is -1.23. The Bertz CT molecular complexity index is 1100. The van der Waals surface area contributed by atoms with Crippen LogP contribution < -0.4 is 0 Å². The van der Waals surface area contributed by atoms with Crippen LogP contribution in [0.15, 0.2) is 12.2 Å². The van der Waals surface area contributed by atoms with E-state index < -0.39 is 96.0 Å². The Kier molecular flexibility index (Phi) is 14.3. The van der Waals surface area contributed by atoms with Gasteiger partial charge in [0.2, 0.25) is 0 Å². The van der Waals surface area contributed by atoms with Crippen LogP contribution in [0.2, 0.25) is 0 Å². The third kappa shape index (κ3) is 9.61. The summed E-state index contributed by atoms with van der Waals surface area (Å²) in [6, 6.07) is -0.533. The van der Waals surface area contributed by atoms with Gasteiger partial charge in [-0.2, -0.15) is 0 Å². The van der Waals surface area contributed by atoms with Crippen LogP contribution in [-0.4, -0.2) is 141 Å². The minimum absolute atomic E-state index is 0.133. The minimum atomic E-state index is -1.79. The maximum atomic E-state index is 14.1. The number of ether oxygens (including phenoxy) is 6. The molecule has 0 amide bonds. The lowest BCUT2D eigenvalue weighted by Crippen LogP contribution is -2.59. The van der Waals surface area contributed by atoms with Crippen LogP contribution >= 0.6 is 0 Å². The van der Waals surface area contributed by atoms with Crippen molar-refractivity contribution in [3.05, 3.63) is 12.2 Å². The van der Waals surface area contributed by atoms with E-state index in [4.69, 9.17) is 28.4 Å². The number of rotatable bonds is 6. The number of likely N-dealkylation sites (N-methyl/N-ethyl adjacent to an activating group) is 1. The molecule has 0 bridgehead atoms. The average Bonchev–Trinajstić information content (AvgIpc) is 3.02. The molecule has 0 saturated carbocycles. The molecular formula is C36H65NO12. The highest BCUT2D eigenvalue weighted by molar-refractivity contribution is 5.73. The summed E-state index contributed by atoms with van der Waals surface area (Å²) in [5.74, 6) is -2.57. The first-order chi connectivity index (χ1) is 22.6. The number of cyclic esters (lactones) is 1. The topological polar surface area (TPSA) is 177 Å². The summed E-state index contributed by atoms with van der Waals surface area (Å²) in [6.45, 7) is 17.8. The van der Waals surface area contributed by atoms with E-state index in [2.05, 4.69) is 0 Å². The van der Waals surface area contributed by atoms with Gasteiger partial charge in [0.15, 0.2) is 12.6 Å². The predicted molar refractivity (Wildman–Crippen MR) is 181 cm³/mol. The summed E-state index contributed by atoms with van der Waals surface area (Å²) >= 11 is 0. The number of carbonyl (C=O) groups excluding carboxylic acids is 1. The van der Waals surface area contributed by atoms with Gasteiger partial charge in [-0.25, -0.2) is 0 Å². The Labute approximate surface area is 292 Å². The molecule has 0 spiro atoms. The molecule has 49 heavy (non-hydrogen) atoms. The summed E-state index contributed by atoms with van der Waals surface area (Å²) in [5, 5.41) is 57.1. The molecule has 0 aromatic heterocycles. The highest BCUT2D eigenvalue weighted by Gasteiger charge is 2.52. The summed E-state index contributed by atoms with van der Waals surface area (Å²) < 4.78 is 36.9. The number of esters is 1. The zero-order valence-corrected chi connectivity index (χ0v) is 31.6. The molecule has 3 heterocycles. The third-order valence-electron chi connectivity index (χ3n) is 11.1. The maximum Gasteiger partial charge on any atom is 0.311 e. The summed E-state index contributed by atoms with van der Waals surface area (Å²) in [7, 11) is 3.33. The van der Waals surface area contributed by atoms with Crippen molar-refractivity contribution in [1.82, 2.24) is 4.90 Å². The fourth-order valence-electron chi connectivity index (χ4n) is 7.89. The van der Waals surface area contributed by atoms with Crippen LogP contribution in [0.3, 0.4) is 0 Å². The summed E-state index contributed by atoms with van der Waals surface area (Å²) in [6.07, 6.45) is -5.61. The van der Waals surface area contributed by atoms with Crippen LogP contribution in [0.1, 0.15) is 88.5 Å². The van der Waals surface area contributed by atoms with Crippen LogP contribution in [0.4, 0.5) is 0 Å². The smallest absolute Gasteiger partial charge is 0.311 e. The molecule has 0 radical (unpaired) electrons. The normalized spacial score (nSPS) is 49.9. The Morgan fingerprint density at radius 2 is 1.57 bits per heavy atom. The number of hydrogen-bond acceptors (Lipinski definition) is 13. The zero-order valence-electron chi connectivity index (χ0n) is 31.6. The van der Waals surface area contributed by atoms with Crippen molar-refractivity contribution < 1.29 is 58.7 Å². The van der Waals surface area contributed by atoms with Gasteiger partial charge in [-0.15, -0.1) is 0 Å². The second kappa shape index (κ2) is 16.6. The molecule has 17 atom stereocenters. The van der Waals surface area contributed by atoms with Gasteiger partial charge in [-0.05, 0) is 74.3 Å². The SMILES string of the molecule is CC[C@H]1OC(=O)[C@H](C)[C@@H](O[C@H]2C[C@](C)(OC)[C@@H](O)C(C)O2)[C@H](C)[C@@H](O[C@@H]2OC(C)C=C[C@@H]2O)[C@](C)(O)C[C@@H](C)CN(C)[C@H](C)[C@@H](O)[C@]1(C)O. The molecule has 13 heteroatoms. The first-order valence-electron chi connectivity index (χ1n) is 17.8. The van der Waals surface area contributed by atoms with Gasteiger partial charge in [-0.1, -0.05) is 32.9 Å². The maximum absolute atomic E-state index is 14.1. The quantitative estimate of drug-likeness (QED) is 0.201. The fourth-order valence-corrected chi connectivity index (χ4v) is 7.89. The molecule has 2 unspecified atom stereocenters. The monoisotopic (exact) mass is 703 g/mol. The highest BCUT2D eigenvalue weighted by Crippen LogP contribution is 2.39. The number of hydrogen-bond donors (Lipinski definition) is 5. The van der Waals surface area contributed by atoms with Crippen molar-refractivity contribution in [1.29, 1.82) is 0 Å². The molecule has 0 aromatic rings. The number of aliphatic hydroxyl groups is 5. The van der Waals surface area contributed by atoms with Gasteiger partial charge in [-0.3, -0.25) is 4.79 Å². The van der Waals surface area contributed by atoms with E-state index in [1.807, 2.05) is 25.8 Å². The van der Waals surface area contributed by atoms with E-state index in [0.717, 1.165) is 0 Å². The minimum Gasteiger partial charge on any atom is -0.459 e. The van der Waals surface area contributed by atoms with Gasteiger partial charge in [0.1, 0.15) is 30.0 Å². The third-order valence-corrected chi connectivity index (χ3v) is 11.1. The van der Waals surface area contributed by atoms with Gasteiger partial charge in [0.05, 0.1) is 41.5 Å². The molecule has 0 aromatic carbocycles. The van der Waals surface area contributed by atoms with Crippen LogP contribution in [0.5, 0.6) is 0 Å². The van der Waals surface area contributed by atoms with E-state index in [1.54, 1.807) is 60.6 Å². The Morgan fingerprint density at radius 1 is 0.939 bits per heavy atom. The van der Waals surface area contributed by atoms with E-state index in [9.17, 15) is 30.3 Å². The van der Waals surface area contributed by atoms with E-state index in [0.29, 0.717) is 6.54 Å². The molecule has 0 aliphatic carbocycles. The predicted octanol–water partition coefficient (Wildman–Crippen LogP) is 2.14. The van der Waals surface area contributed by atoms with Gasteiger partial charge >= 0.3 is 5.97 Å².